The fourth-order valence-corrected chi connectivity index (χ4v) is 2.02. The second-order valence-electron chi connectivity index (χ2n) is 3.82. The van der Waals surface area contributed by atoms with Crippen molar-refractivity contribution in [1.82, 2.24) is 0 Å². The van der Waals surface area contributed by atoms with Crippen molar-refractivity contribution < 1.29 is 4.79 Å². The first-order valence-electron chi connectivity index (χ1n) is 5.25. The molecule has 0 N–H and O–H groups in total. The van der Waals surface area contributed by atoms with Crippen LogP contribution in [0.2, 0.25) is 5.02 Å². The molecule has 1 aliphatic rings. The highest BCUT2D eigenvalue weighted by atomic mass is 35.5. The third-order valence-corrected chi connectivity index (χ3v) is 3.04. The molecule has 0 bridgehead atoms. The van der Waals surface area contributed by atoms with Gasteiger partial charge in [-0.2, -0.15) is 0 Å². The van der Waals surface area contributed by atoms with E-state index in [0.717, 1.165) is 30.4 Å². The largest absolute Gasteiger partial charge is 0.295 e. The summed E-state index contributed by atoms with van der Waals surface area (Å²) < 4.78 is 0. The minimum absolute atomic E-state index is 0.279. The van der Waals surface area contributed by atoms with Crippen molar-refractivity contribution >= 4 is 23.5 Å². The summed E-state index contributed by atoms with van der Waals surface area (Å²) in [6.07, 6.45) is 5.66. The molecule has 1 aromatic carbocycles. The molecule has 0 atom stereocenters. The van der Waals surface area contributed by atoms with E-state index < -0.39 is 0 Å². The van der Waals surface area contributed by atoms with E-state index in [1.54, 1.807) is 0 Å². The minimum Gasteiger partial charge on any atom is -0.295 e. The fraction of sp³-hybridized carbons (Fsp3) is 0.308. The molecule has 15 heavy (non-hydrogen) atoms. The van der Waals surface area contributed by atoms with Gasteiger partial charge in [0.2, 0.25) is 0 Å². The fourth-order valence-electron chi connectivity index (χ4n) is 1.83. The van der Waals surface area contributed by atoms with Gasteiger partial charge in [0.05, 0.1) is 0 Å². The Kier molecular flexibility index (Phi) is 3.22. The summed E-state index contributed by atoms with van der Waals surface area (Å²) in [7, 11) is 0. The molecule has 0 saturated heterocycles. The van der Waals surface area contributed by atoms with Crippen LogP contribution in [0.15, 0.2) is 29.8 Å². The Morgan fingerprint density at radius 3 is 2.60 bits per heavy atom. The molecular formula is C13H13ClO. The molecule has 0 spiro atoms. The van der Waals surface area contributed by atoms with Crippen LogP contribution in [0.3, 0.4) is 0 Å². The van der Waals surface area contributed by atoms with Crippen LogP contribution in [0, 0.1) is 0 Å². The molecule has 0 radical (unpaired) electrons. The highest BCUT2D eigenvalue weighted by Gasteiger charge is 2.14. The first-order chi connectivity index (χ1) is 7.27. The number of ketones is 1. The van der Waals surface area contributed by atoms with Crippen molar-refractivity contribution in [3.05, 3.63) is 40.4 Å². The van der Waals surface area contributed by atoms with Crippen LogP contribution in [-0.2, 0) is 4.79 Å². The van der Waals surface area contributed by atoms with Crippen LogP contribution in [0.5, 0.6) is 0 Å². The number of carbonyl (C=O) groups excluding carboxylic acids is 1. The van der Waals surface area contributed by atoms with Crippen molar-refractivity contribution in [3.63, 3.8) is 0 Å². The summed E-state index contributed by atoms with van der Waals surface area (Å²) >= 11 is 6.04. The summed E-state index contributed by atoms with van der Waals surface area (Å²) in [5.41, 5.74) is 1.87. The second kappa shape index (κ2) is 4.63. The lowest BCUT2D eigenvalue weighted by Gasteiger charge is -2.12. The van der Waals surface area contributed by atoms with E-state index in [9.17, 15) is 4.79 Å². The van der Waals surface area contributed by atoms with Crippen molar-refractivity contribution in [1.29, 1.82) is 0 Å². The summed E-state index contributed by atoms with van der Waals surface area (Å²) in [4.78, 5) is 11.6. The van der Waals surface area contributed by atoms with Gasteiger partial charge in [-0.3, -0.25) is 4.79 Å². The molecule has 1 nitrogen and oxygen atoms in total. The van der Waals surface area contributed by atoms with Gasteiger partial charge in [0.1, 0.15) is 0 Å². The quantitative estimate of drug-likeness (QED) is 0.657. The third kappa shape index (κ3) is 2.48. The zero-order chi connectivity index (χ0) is 10.7. The van der Waals surface area contributed by atoms with Crippen molar-refractivity contribution in [2.45, 2.75) is 25.7 Å². The summed E-state index contributed by atoms with van der Waals surface area (Å²) in [6, 6.07) is 7.62. The van der Waals surface area contributed by atoms with Crippen LogP contribution in [0.25, 0.3) is 6.08 Å². The lowest BCUT2D eigenvalue weighted by Crippen LogP contribution is -2.07. The number of rotatable bonds is 1. The van der Waals surface area contributed by atoms with Gasteiger partial charge in [-0.25, -0.2) is 0 Å². The normalized spacial score (nSPS) is 19.5. The Labute approximate surface area is 94.8 Å². The molecular weight excluding hydrogens is 208 g/mol. The van der Waals surface area contributed by atoms with Gasteiger partial charge in [-0.15, -0.1) is 0 Å². The first kappa shape index (κ1) is 10.4. The number of halogens is 1. The molecule has 2 heteroatoms. The lowest BCUT2D eigenvalue weighted by molar-refractivity contribution is -0.116. The monoisotopic (exact) mass is 220 g/mol. The molecule has 1 fully saturated rings. The third-order valence-electron chi connectivity index (χ3n) is 2.69. The Bertz CT molecular complexity index is 407. The van der Waals surface area contributed by atoms with Crippen molar-refractivity contribution in [3.8, 4) is 0 Å². The molecule has 1 saturated carbocycles. The van der Waals surface area contributed by atoms with Gasteiger partial charge >= 0.3 is 0 Å². The van der Waals surface area contributed by atoms with E-state index in [1.165, 1.54) is 0 Å². The Balaban J connectivity index is 2.29. The van der Waals surface area contributed by atoms with E-state index in [2.05, 4.69) is 0 Å². The Hall–Kier alpha value is -1.08. The van der Waals surface area contributed by atoms with Gasteiger partial charge < -0.3 is 0 Å². The second-order valence-corrected chi connectivity index (χ2v) is 4.23. The standard InChI is InChI=1S/C13H13ClO/c14-12-7-3-1-5-10(12)9-11-6-2-4-8-13(11)15/h1,3,5,7,9H,2,4,6,8H2/b11-9+. The van der Waals surface area contributed by atoms with E-state index in [-0.39, 0.29) is 5.78 Å². The minimum atomic E-state index is 0.279. The van der Waals surface area contributed by atoms with Gasteiger partial charge in [-0.1, -0.05) is 29.8 Å². The number of hydrogen-bond acceptors (Lipinski definition) is 1. The van der Waals surface area contributed by atoms with E-state index in [1.807, 2.05) is 30.3 Å². The predicted octanol–water partition coefficient (Wildman–Crippen LogP) is 3.87. The number of carbonyl (C=O) groups is 1. The average molecular weight is 221 g/mol. The molecule has 0 aromatic heterocycles. The molecule has 78 valence electrons. The average Bonchev–Trinajstić information content (AvgIpc) is 2.24. The summed E-state index contributed by atoms with van der Waals surface area (Å²) in [6.45, 7) is 0. The van der Waals surface area contributed by atoms with Gasteiger partial charge in [0.25, 0.3) is 0 Å². The van der Waals surface area contributed by atoms with Gasteiger partial charge in [0, 0.05) is 11.4 Å². The Morgan fingerprint density at radius 1 is 1.13 bits per heavy atom. The number of allylic oxidation sites excluding steroid dienone is 1. The van der Waals surface area contributed by atoms with Crippen molar-refractivity contribution in [2.24, 2.45) is 0 Å². The molecule has 0 amide bonds. The molecule has 2 rings (SSSR count). The van der Waals surface area contributed by atoms with E-state index in [0.29, 0.717) is 11.4 Å². The molecule has 0 unspecified atom stereocenters. The Morgan fingerprint density at radius 2 is 1.87 bits per heavy atom. The van der Waals surface area contributed by atoms with Crippen molar-refractivity contribution in [2.75, 3.05) is 0 Å². The van der Waals surface area contributed by atoms with E-state index >= 15 is 0 Å². The predicted molar refractivity (Wildman–Crippen MR) is 62.9 cm³/mol. The smallest absolute Gasteiger partial charge is 0.158 e. The number of benzene rings is 1. The molecule has 1 aliphatic carbocycles. The molecule has 1 aromatic rings. The molecule has 0 aliphatic heterocycles. The van der Waals surface area contributed by atoms with Crippen LogP contribution in [0.1, 0.15) is 31.2 Å². The lowest BCUT2D eigenvalue weighted by atomic mass is 9.92. The summed E-state index contributed by atoms with van der Waals surface area (Å²) in [5.74, 6) is 0.279. The highest BCUT2D eigenvalue weighted by Crippen LogP contribution is 2.24. The van der Waals surface area contributed by atoms with Crippen LogP contribution in [0.4, 0.5) is 0 Å². The zero-order valence-corrected chi connectivity index (χ0v) is 9.26. The van der Waals surface area contributed by atoms with E-state index in [4.69, 9.17) is 11.6 Å². The maximum absolute atomic E-state index is 11.6. The zero-order valence-electron chi connectivity index (χ0n) is 8.50. The number of Topliss-reactive ketones (excluding diaryl/α,β-unsaturated/α-hetero) is 1. The number of hydrogen-bond donors (Lipinski definition) is 0. The summed E-state index contributed by atoms with van der Waals surface area (Å²) in [5, 5.41) is 0.711. The first-order valence-corrected chi connectivity index (χ1v) is 5.63. The molecule has 0 heterocycles. The van der Waals surface area contributed by atoms with Crippen LogP contribution < -0.4 is 0 Å². The topological polar surface area (TPSA) is 17.1 Å². The maximum Gasteiger partial charge on any atom is 0.158 e. The van der Waals surface area contributed by atoms with Crippen LogP contribution >= 0.6 is 11.6 Å². The SMILES string of the molecule is O=C1CCCC/C1=C\c1ccccc1Cl. The van der Waals surface area contributed by atoms with Gasteiger partial charge in [0.15, 0.2) is 5.78 Å². The highest BCUT2D eigenvalue weighted by molar-refractivity contribution is 6.32. The van der Waals surface area contributed by atoms with Gasteiger partial charge in [-0.05, 0) is 42.5 Å². The maximum atomic E-state index is 11.6. The van der Waals surface area contributed by atoms with Crippen LogP contribution in [-0.4, -0.2) is 5.78 Å².